The first-order valence-electron chi connectivity index (χ1n) is 27.9. The van der Waals surface area contributed by atoms with E-state index in [2.05, 4.69) is 275 Å². The van der Waals surface area contributed by atoms with Crippen LogP contribution in [0.15, 0.2) is 294 Å². The van der Waals surface area contributed by atoms with Crippen LogP contribution in [0.3, 0.4) is 0 Å². The monoisotopic (exact) mass is 1050 g/mol. The maximum absolute atomic E-state index is 6.51. The Morgan fingerprint density at radius 1 is 0.244 bits per heavy atom. The van der Waals surface area contributed by atoms with Crippen LogP contribution in [0.25, 0.3) is 166 Å². The summed E-state index contributed by atoms with van der Waals surface area (Å²) in [4.78, 5) is 4.64. The van der Waals surface area contributed by atoms with Crippen LogP contribution in [-0.2, 0) is 0 Å². The van der Waals surface area contributed by atoms with Gasteiger partial charge in [-0.1, -0.05) is 158 Å². The molecule has 17 rings (SSSR count). The molecule has 0 saturated carbocycles. The van der Waals surface area contributed by atoms with Crippen LogP contribution in [0.5, 0.6) is 0 Å². The molecule has 5 aromatic heterocycles. The Labute approximate surface area is 471 Å². The van der Waals surface area contributed by atoms with E-state index in [4.69, 9.17) is 8.83 Å². The minimum Gasteiger partial charge on any atom is -0.456 e. The van der Waals surface area contributed by atoms with E-state index in [0.29, 0.717) is 0 Å². The number of furan rings is 2. The highest BCUT2D eigenvalue weighted by Crippen LogP contribution is 2.43. The predicted molar refractivity (Wildman–Crippen MR) is 340 cm³/mol. The van der Waals surface area contributed by atoms with Crippen molar-refractivity contribution >= 4 is 87.6 Å². The van der Waals surface area contributed by atoms with Gasteiger partial charge in [0.25, 0.3) is 0 Å². The number of hydrogen-bond acceptors (Lipinski definition) is 3. The second-order valence-corrected chi connectivity index (χ2v) is 21.5. The summed E-state index contributed by atoms with van der Waals surface area (Å²) in [6, 6.07) is 101. The van der Waals surface area contributed by atoms with E-state index in [0.717, 1.165) is 94.2 Å². The van der Waals surface area contributed by atoms with Gasteiger partial charge in [-0.25, -0.2) is 0 Å². The van der Waals surface area contributed by atoms with Crippen LogP contribution in [-0.4, -0.2) is 14.1 Å². The normalized spacial score (nSPS) is 11.9. The van der Waals surface area contributed by atoms with E-state index in [1.54, 1.807) is 0 Å². The standard InChI is InChI=1S/C77H47N3O2/c1-3-14-48(15-4-1)49-16-9-18-51(40-49)54-29-34-69-63(43-54)64-44-55(30-35-70(64)79(69)59-22-5-2-6-23-59)52-19-10-17-50(41-52)53-20-11-21-58(42-53)61-25-12-27-71-76(61)62-24-7-8-26-68(62)80(71)60-33-38-73-66(47-60)65-45-56(31-36-72(65)81-73)57-32-37-74-67(46-57)77-75(82-74)28-13-39-78-77/h1-47H. The fourth-order valence-electron chi connectivity index (χ4n) is 12.9. The van der Waals surface area contributed by atoms with Crippen LogP contribution in [0.1, 0.15) is 0 Å². The van der Waals surface area contributed by atoms with Crippen molar-refractivity contribution in [1.82, 2.24) is 14.1 Å². The Hall–Kier alpha value is -11.0. The molecule has 5 heteroatoms. The molecule has 0 bridgehead atoms. The van der Waals surface area contributed by atoms with E-state index < -0.39 is 0 Å². The van der Waals surface area contributed by atoms with Crippen molar-refractivity contribution in [2.24, 2.45) is 0 Å². The van der Waals surface area contributed by atoms with Gasteiger partial charge in [0, 0.05) is 55.3 Å². The average molecular weight is 1050 g/mol. The molecule has 0 atom stereocenters. The first-order chi connectivity index (χ1) is 40.6. The number of rotatable bonds is 8. The minimum atomic E-state index is 0.790. The van der Waals surface area contributed by atoms with Gasteiger partial charge in [0.05, 0.1) is 22.1 Å². The highest BCUT2D eigenvalue weighted by molar-refractivity contribution is 6.17. The summed E-state index contributed by atoms with van der Waals surface area (Å²) >= 11 is 0. The fraction of sp³-hybridized carbons (Fsp3) is 0. The van der Waals surface area contributed by atoms with Crippen molar-refractivity contribution in [2.75, 3.05) is 0 Å². The third kappa shape index (κ3) is 7.37. The highest BCUT2D eigenvalue weighted by atomic mass is 16.3. The maximum atomic E-state index is 6.51. The van der Waals surface area contributed by atoms with Crippen LogP contribution in [0.4, 0.5) is 0 Å². The Bertz CT molecular complexity index is 5410. The molecular formula is C77H47N3O2. The second-order valence-electron chi connectivity index (χ2n) is 21.5. The Morgan fingerprint density at radius 2 is 0.695 bits per heavy atom. The lowest BCUT2D eigenvalue weighted by molar-refractivity contribution is 0.668. The molecule has 382 valence electrons. The lowest BCUT2D eigenvalue weighted by Crippen LogP contribution is -1.93. The minimum absolute atomic E-state index is 0.790. The summed E-state index contributed by atoms with van der Waals surface area (Å²) < 4.78 is 17.4. The molecule has 0 amide bonds. The SMILES string of the molecule is c1ccc(-c2cccc(-c3ccc4c(c3)c3cc(-c5cccc(-c6cccc(-c7cccc8c7c7ccccc7n8-c7ccc8oc9ccc(-c%10ccc%11oc%12cccnc%12c%11c%10)cc9c8c7)c6)c5)ccc3n4-c3ccccc3)c2)cc1. The number of aromatic nitrogens is 3. The number of para-hydroxylation sites is 2. The van der Waals surface area contributed by atoms with Gasteiger partial charge in [0.1, 0.15) is 22.3 Å². The molecular weight excluding hydrogens is 999 g/mol. The molecule has 0 aliphatic rings. The van der Waals surface area contributed by atoms with E-state index in [9.17, 15) is 0 Å². The topological polar surface area (TPSA) is 49.0 Å². The van der Waals surface area contributed by atoms with Crippen LogP contribution in [0, 0.1) is 0 Å². The van der Waals surface area contributed by atoms with Crippen LogP contribution >= 0.6 is 0 Å². The van der Waals surface area contributed by atoms with Gasteiger partial charge in [-0.15, -0.1) is 0 Å². The zero-order chi connectivity index (χ0) is 53.8. The van der Waals surface area contributed by atoms with Crippen molar-refractivity contribution in [3.8, 4) is 78.1 Å². The van der Waals surface area contributed by atoms with Gasteiger partial charge in [-0.2, -0.15) is 0 Å². The van der Waals surface area contributed by atoms with E-state index in [1.165, 1.54) is 71.5 Å². The number of hydrogen-bond donors (Lipinski definition) is 0. The van der Waals surface area contributed by atoms with E-state index in [1.807, 2.05) is 24.4 Å². The zero-order valence-corrected chi connectivity index (χ0v) is 44.3. The summed E-state index contributed by atoms with van der Waals surface area (Å²) in [5.41, 5.74) is 25.1. The summed E-state index contributed by atoms with van der Waals surface area (Å²) in [7, 11) is 0. The summed E-state index contributed by atoms with van der Waals surface area (Å²) in [5.74, 6) is 0. The Kier molecular flexibility index (Phi) is 10.2. The van der Waals surface area contributed by atoms with Crippen molar-refractivity contribution < 1.29 is 8.83 Å². The van der Waals surface area contributed by atoms with Crippen molar-refractivity contribution in [3.63, 3.8) is 0 Å². The fourth-order valence-corrected chi connectivity index (χ4v) is 12.9. The molecule has 17 aromatic rings. The zero-order valence-electron chi connectivity index (χ0n) is 44.3. The molecule has 0 unspecified atom stereocenters. The molecule has 0 fully saturated rings. The van der Waals surface area contributed by atoms with Gasteiger partial charge >= 0.3 is 0 Å². The molecule has 12 aromatic carbocycles. The molecule has 5 nitrogen and oxygen atoms in total. The van der Waals surface area contributed by atoms with Crippen LogP contribution in [0.2, 0.25) is 0 Å². The molecule has 0 N–H and O–H groups in total. The van der Waals surface area contributed by atoms with Gasteiger partial charge in [-0.3, -0.25) is 4.98 Å². The Morgan fingerprint density at radius 3 is 1.38 bits per heavy atom. The number of pyridine rings is 1. The van der Waals surface area contributed by atoms with Gasteiger partial charge in [0.15, 0.2) is 5.58 Å². The second kappa shape index (κ2) is 18.3. The first-order valence-corrected chi connectivity index (χ1v) is 27.9. The smallest absolute Gasteiger partial charge is 0.153 e. The van der Waals surface area contributed by atoms with Crippen LogP contribution < -0.4 is 0 Å². The summed E-state index contributed by atoms with van der Waals surface area (Å²) in [6.45, 7) is 0. The van der Waals surface area contributed by atoms with Gasteiger partial charge < -0.3 is 18.0 Å². The third-order valence-corrected chi connectivity index (χ3v) is 16.8. The lowest BCUT2D eigenvalue weighted by atomic mass is 9.94. The first kappa shape index (κ1) is 46.0. The summed E-state index contributed by atoms with van der Waals surface area (Å²) in [5, 5.41) is 8.00. The van der Waals surface area contributed by atoms with Crippen molar-refractivity contribution in [1.29, 1.82) is 0 Å². The quantitative estimate of drug-likeness (QED) is 0.152. The molecule has 82 heavy (non-hydrogen) atoms. The summed E-state index contributed by atoms with van der Waals surface area (Å²) in [6.07, 6.45) is 1.82. The van der Waals surface area contributed by atoms with E-state index >= 15 is 0 Å². The molecule has 0 saturated heterocycles. The molecule has 0 aliphatic heterocycles. The van der Waals surface area contributed by atoms with Gasteiger partial charge in [-0.05, 0) is 188 Å². The number of nitrogens with zero attached hydrogens (tertiary/aromatic N) is 3. The molecule has 5 heterocycles. The van der Waals surface area contributed by atoms with Crippen molar-refractivity contribution in [2.45, 2.75) is 0 Å². The number of fused-ring (bicyclic) bond motifs is 12. The predicted octanol–water partition coefficient (Wildman–Crippen LogP) is 21.1. The number of benzene rings is 12. The molecule has 0 spiro atoms. The van der Waals surface area contributed by atoms with Crippen molar-refractivity contribution in [3.05, 3.63) is 285 Å². The largest absolute Gasteiger partial charge is 0.456 e. The Balaban J connectivity index is 0.742. The molecule has 0 radical (unpaired) electrons. The average Bonchev–Trinajstić information content (AvgIpc) is 4.46. The van der Waals surface area contributed by atoms with Gasteiger partial charge in [0.2, 0.25) is 0 Å². The lowest BCUT2D eigenvalue weighted by Gasteiger charge is -2.11. The third-order valence-electron chi connectivity index (χ3n) is 16.8. The van der Waals surface area contributed by atoms with E-state index in [-0.39, 0.29) is 0 Å². The highest BCUT2D eigenvalue weighted by Gasteiger charge is 2.20. The maximum Gasteiger partial charge on any atom is 0.153 e. The molecule has 0 aliphatic carbocycles.